The van der Waals surface area contributed by atoms with E-state index >= 15 is 0 Å². The first-order valence-electron chi connectivity index (χ1n) is 11.7. The maximum atomic E-state index is 13.7. The number of esters is 1. The van der Waals surface area contributed by atoms with E-state index in [4.69, 9.17) is 24.3 Å². The van der Waals surface area contributed by atoms with Gasteiger partial charge in [0.15, 0.2) is 11.8 Å². The lowest BCUT2D eigenvalue weighted by atomic mass is 9.91. The number of aliphatic hydroxyl groups is 1. The minimum atomic E-state index is -4.27. The molecule has 1 aliphatic heterocycles. The monoisotopic (exact) mass is 550 g/mol. The summed E-state index contributed by atoms with van der Waals surface area (Å²) in [6.45, 7) is 5.71. The molecule has 0 saturated carbocycles. The van der Waals surface area contributed by atoms with Crippen LogP contribution in [0.15, 0.2) is 52.2 Å². The Balaban J connectivity index is 1.86. The van der Waals surface area contributed by atoms with Crippen LogP contribution in [0.1, 0.15) is 33.9 Å². The summed E-state index contributed by atoms with van der Waals surface area (Å²) in [6.07, 6.45) is -3.34. The van der Waals surface area contributed by atoms with Crippen molar-refractivity contribution in [1.82, 2.24) is 14.6 Å². The van der Waals surface area contributed by atoms with Crippen LogP contribution in [-0.2, 0) is 23.4 Å². The second kappa shape index (κ2) is 12.1. The maximum absolute atomic E-state index is 13.7. The summed E-state index contributed by atoms with van der Waals surface area (Å²) in [4.78, 5) is 38.3. The number of para-hydroxylation sites is 1. The van der Waals surface area contributed by atoms with E-state index < -0.39 is 67.7 Å². The van der Waals surface area contributed by atoms with Gasteiger partial charge in [-0.2, -0.15) is 5.09 Å². The summed E-state index contributed by atoms with van der Waals surface area (Å²) >= 11 is 0. The molecular weight excluding hydrogens is 519 g/mol. The average Bonchev–Trinajstić information content (AvgIpc) is 3.08. The number of aromatic amines is 1. The van der Waals surface area contributed by atoms with Gasteiger partial charge >= 0.3 is 19.4 Å². The smallest absolute Gasteiger partial charge is 0.459 e. The van der Waals surface area contributed by atoms with Crippen LogP contribution in [0.3, 0.4) is 0 Å². The van der Waals surface area contributed by atoms with Crippen LogP contribution in [0.2, 0.25) is 0 Å². The molecule has 1 aliphatic rings. The summed E-state index contributed by atoms with van der Waals surface area (Å²) < 4.78 is 36.9. The molecule has 0 spiro atoms. The van der Waals surface area contributed by atoms with Gasteiger partial charge in [-0.15, -0.1) is 5.92 Å². The molecule has 0 bridgehead atoms. The maximum Gasteiger partial charge on any atom is 0.459 e. The number of hydrogen-bond acceptors (Lipinski definition) is 10. The highest BCUT2D eigenvalue weighted by Crippen LogP contribution is 2.46. The minimum absolute atomic E-state index is 0.184. The number of benzene rings is 1. The lowest BCUT2D eigenvalue weighted by Gasteiger charge is -2.28. The Kier molecular flexibility index (Phi) is 9.32. The number of aromatic nitrogens is 2. The molecule has 2 aromatic rings. The highest BCUT2D eigenvalue weighted by atomic mass is 31.2. The van der Waals surface area contributed by atoms with E-state index in [1.165, 1.54) is 26.0 Å². The Morgan fingerprint density at radius 3 is 2.58 bits per heavy atom. The van der Waals surface area contributed by atoms with Crippen molar-refractivity contribution in [1.29, 1.82) is 0 Å². The normalized spacial score (nSPS) is 25.2. The van der Waals surface area contributed by atoms with Crippen LogP contribution in [0.5, 0.6) is 5.75 Å². The van der Waals surface area contributed by atoms with Gasteiger partial charge in [-0.1, -0.05) is 24.1 Å². The summed E-state index contributed by atoms with van der Waals surface area (Å²) in [7, 11) is -4.27. The van der Waals surface area contributed by atoms with E-state index in [0.29, 0.717) is 0 Å². The van der Waals surface area contributed by atoms with Crippen LogP contribution >= 0.6 is 7.75 Å². The molecule has 3 rings (SSSR count). The molecular formula is C24H31N4O9P. The molecule has 206 valence electrons. The Bertz CT molecular complexity index is 1350. The summed E-state index contributed by atoms with van der Waals surface area (Å²) in [5.41, 5.74) is 3.12. The van der Waals surface area contributed by atoms with Crippen molar-refractivity contribution in [2.75, 3.05) is 6.61 Å². The number of carbonyl (C=O) groups excluding carboxylic acids is 1. The second-order valence-corrected chi connectivity index (χ2v) is 10.5. The van der Waals surface area contributed by atoms with E-state index in [1.54, 1.807) is 32.0 Å². The van der Waals surface area contributed by atoms with E-state index in [9.17, 15) is 24.1 Å². The Hall–Kier alpha value is -3.24. The minimum Gasteiger partial charge on any atom is -0.462 e. The molecule has 1 aromatic carbocycles. The first kappa shape index (κ1) is 29.3. The van der Waals surface area contributed by atoms with Gasteiger partial charge < -0.3 is 24.8 Å². The number of aliphatic hydroxyl groups excluding tert-OH is 1. The number of carbonyl (C=O) groups is 1. The Morgan fingerprint density at radius 2 is 1.97 bits per heavy atom. The van der Waals surface area contributed by atoms with Gasteiger partial charge in [0.25, 0.3) is 5.56 Å². The number of nitrogens with zero attached hydrogens (tertiary/aromatic N) is 1. The van der Waals surface area contributed by atoms with Crippen molar-refractivity contribution in [2.45, 2.75) is 63.8 Å². The molecule has 5 N–H and O–H groups in total. The van der Waals surface area contributed by atoms with Crippen LogP contribution in [0, 0.1) is 11.8 Å². The van der Waals surface area contributed by atoms with Gasteiger partial charge in [-0.3, -0.25) is 23.7 Å². The van der Waals surface area contributed by atoms with Crippen LogP contribution in [0.4, 0.5) is 0 Å². The van der Waals surface area contributed by atoms with E-state index in [-0.39, 0.29) is 5.75 Å². The van der Waals surface area contributed by atoms with Crippen molar-refractivity contribution in [3.8, 4) is 17.6 Å². The Labute approximate surface area is 218 Å². The van der Waals surface area contributed by atoms with Crippen molar-refractivity contribution < 1.29 is 33.0 Å². The van der Waals surface area contributed by atoms with Gasteiger partial charge in [0, 0.05) is 12.3 Å². The lowest BCUT2D eigenvalue weighted by molar-refractivity contribution is -0.149. The van der Waals surface area contributed by atoms with Gasteiger partial charge in [-0.05, 0) is 39.8 Å². The van der Waals surface area contributed by atoms with E-state index in [1.807, 2.05) is 0 Å². The molecule has 1 fully saturated rings. The molecule has 1 aromatic heterocycles. The van der Waals surface area contributed by atoms with Crippen molar-refractivity contribution in [3.05, 3.63) is 63.4 Å². The molecule has 2 heterocycles. The molecule has 0 aliphatic carbocycles. The first-order valence-corrected chi connectivity index (χ1v) is 13.3. The zero-order valence-electron chi connectivity index (χ0n) is 21.3. The topological polar surface area (TPSA) is 184 Å². The third kappa shape index (κ3) is 6.79. The standard InChI is InChI=1S/C24H31N4O9P/c1-5-12-24(25)20(30)18(36-22(24)28-13-11-19(29)26-23(28)32)14-34-38(33,37-17-9-7-6-8-10-17)27-16(4)21(31)35-15(2)3/h6-11,13,15-16,18,20,22,30H,14,25H2,1-4H3,(H,27,33)(H,26,29,32)/t16-,18+,20-,22+,24+,38?/m0/s1. The molecule has 14 heteroatoms. The number of nitrogens with two attached hydrogens (primary N) is 1. The average molecular weight is 551 g/mol. The Morgan fingerprint density at radius 1 is 1.29 bits per heavy atom. The lowest BCUT2D eigenvalue weighted by Crippen LogP contribution is -2.55. The number of hydrogen-bond donors (Lipinski definition) is 4. The molecule has 0 amide bonds. The van der Waals surface area contributed by atoms with Crippen LogP contribution in [-0.4, -0.2) is 57.1 Å². The molecule has 0 radical (unpaired) electrons. The zero-order chi connectivity index (χ0) is 28.1. The zero-order valence-corrected chi connectivity index (χ0v) is 22.2. The number of rotatable bonds is 10. The van der Waals surface area contributed by atoms with Gasteiger partial charge in [0.1, 0.15) is 24.0 Å². The van der Waals surface area contributed by atoms with Gasteiger partial charge in [-0.25, -0.2) is 9.36 Å². The second-order valence-electron chi connectivity index (χ2n) is 8.83. The van der Waals surface area contributed by atoms with Crippen LogP contribution < -0.4 is 26.6 Å². The van der Waals surface area contributed by atoms with Crippen molar-refractivity contribution in [2.24, 2.45) is 5.73 Å². The fourth-order valence-corrected chi connectivity index (χ4v) is 5.20. The largest absolute Gasteiger partial charge is 0.462 e. The highest BCUT2D eigenvalue weighted by Gasteiger charge is 2.55. The number of H-pyrrole nitrogens is 1. The predicted molar refractivity (Wildman–Crippen MR) is 136 cm³/mol. The molecule has 6 atom stereocenters. The van der Waals surface area contributed by atoms with E-state index in [2.05, 4.69) is 21.9 Å². The summed E-state index contributed by atoms with van der Waals surface area (Å²) in [6, 6.07) is 8.10. The van der Waals surface area contributed by atoms with Crippen molar-refractivity contribution in [3.63, 3.8) is 0 Å². The first-order chi connectivity index (χ1) is 17.9. The SMILES string of the molecule is CC#C[C@@]1(N)[C@@H](O)[C@@H](COP(=O)(N[C@@H](C)C(=O)OC(C)C)Oc2ccccc2)O[C@H]1n1ccc(=O)[nH]c1=O. The highest BCUT2D eigenvalue weighted by molar-refractivity contribution is 7.52. The fraction of sp³-hybridized carbons (Fsp3) is 0.458. The quantitative estimate of drug-likeness (QED) is 0.185. The number of ether oxygens (including phenoxy) is 2. The molecule has 1 saturated heterocycles. The molecule has 13 nitrogen and oxygen atoms in total. The van der Waals surface area contributed by atoms with E-state index in [0.717, 1.165) is 16.8 Å². The number of nitrogens with one attached hydrogen (secondary N) is 2. The van der Waals surface area contributed by atoms with Gasteiger partial charge in [0.05, 0.1) is 12.7 Å². The van der Waals surface area contributed by atoms with Gasteiger partial charge in [0.2, 0.25) is 0 Å². The fourth-order valence-electron chi connectivity index (χ4n) is 3.70. The van der Waals surface area contributed by atoms with Crippen LogP contribution in [0.25, 0.3) is 0 Å². The third-order valence-corrected chi connectivity index (χ3v) is 7.08. The third-order valence-electron chi connectivity index (χ3n) is 5.43. The summed E-state index contributed by atoms with van der Waals surface area (Å²) in [5, 5.41) is 13.6. The molecule has 38 heavy (non-hydrogen) atoms. The summed E-state index contributed by atoms with van der Waals surface area (Å²) in [5.74, 6) is 4.76. The molecule has 1 unspecified atom stereocenters. The van der Waals surface area contributed by atoms with Crippen molar-refractivity contribution >= 4 is 13.7 Å². The predicted octanol–water partition coefficient (Wildman–Crippen LogP) is 0.649.